The zero-order chi connectivity index (χ0) is 18.4. The molecule has 2 aromatic heterocycles. The molecule has 5 N–H and O–H groups in total. The number of imidazole rings is 1. The predicted molar refractivity (Wildman–Crippen MR) is 83.8 cm³/mol. The average Bonchev–Trinajstić information content (AvgIpc) is 3.06. The highest BCUT2D eigenvalue weighted by atomic mass is 32.2. The number of fused-ring (bicyclic) bond motifs is 1. The molecule has 12 nitrogen and oxygen atoms in total. The van der Waals surface area contributed by atoms with Crippen LogP contribution in [-0.2, 0) is 13.8 Å². The van der Waals surface area contributed by atoms with Crippen LogP contribution in [0.1, 0.15) is 6.23 Å². The molecule has 1 aliphatic rings. The highest BCUT2D eigenvalue weighted by molar-refractivity contribution is 7.98. The summed E-state index contributed by atoms with van der Waals surface area (Å²) in [5.41, 5.74) is -0.00233. The predicted octanol–water partition coefficient (Wildman–Crippen LogP) is -1.43. The molecule has 0 aromatic carbocycles. The second kappa shape index (κ2) is 6.78. The maximum absolute atomic E-state index is 11.7. The number of aromatic nitrogens is 4. The lowest BCUT2D eigenvalue weighted by atomic mass is 10.1. The first-order chi connectivity index (χ1) is 11.7. The number of H-pyrrole nitrogens is 1. The number of ether oxygens (including phenoxy) is 1. The van der Waals surface area contributed by atoms with Crippen LogP contribution in [0, 0.1) is 0 Å². The fourth-order valence-electron chi connectivity index (χ4n) is 2.52. The van der Waals surface area contributed by atoms with E-state index in [-0.39, 0.29) is 5.65 Å². The summed E-state index contributed by atoms with van der Waals surface area (Å²) in [6.45, 7) is -0.625. The smallest absolute Gasteiger partial charge is 0.387 e. The summed E-state index contributed by atoms with van der Waals surface area (Å²) in [6, 6.07) is 0. The van der Waals surface area contributed by atoms with Gasteiger partial charge in [-0.3, -0.25) is 14.1 Å². The topological polar surface area (TPSA) is 180 Å². The van der Waals surface area contributed by atoms with Gasteiger partial charge in [0.2, 0.25) is 0 Å². The Labute approximate surface area is 144 Å². The van der Waals surface area contributed by atoms with Crippen LogP contribution in [0.25, 0.3) is 11.2 Å². The van der Waals surface area contributed by atoms with Crippen LogP contribution in [0.3, 0.4) is 0 Å². The highest BCUT2D eigenvalue weighted by Crippen LogP contribution is 2.38. The number of aliphatic hydroxyl groups is 2. The third-order valence-electron chi connectivity index (χ3n) is 3.64. The molecule has 0 bridgehead atoms. The van der Waals surface area contributed by atoms with Gasteiger partial charge in [0.25, 0.3) is 0 Å². The number of nitrogens with zero attached hydrogens (tertiary/aromatic N) is 3. The Morgan fingerprint density at radius 2 is 2.16 bits per heavy atom. The molecule has 1 aliphatic heterocycles. The summed E-state index contributed by atoms with van der Waals surface area (Å²) in [4.78, 5) is 39.5. The molecule has 3 heterocycles. The van der Waals surface area contributed by atoms with E-state index in [4.69, 9.17) is 14.5 Å². The van der Waals surface area contributed by atoms with E-state index in [0.717, 1.165) is 0 Å². The van der Waals surface area contributed by atoms with Crippen molar-refractivity contribution in [2.75, 3.05) is 12.9 Å². The third-order valence-corrected chi connectivity index (χ3v) is 4.79. The lowest BCUT2D eigenvalue weighted by molar-refractivity contribution is -0.0504. The fourth-order valence-corrected chi connectivity index (χ4v) is 3.38. The Hall–Kier alpha value is -1.31. The summed E-state index contributed by atoms with van der Waals surface area (Å²) < 4.78 is 21.9. The van der Waals surface area contributed by atoms with E-state index in [1.54, 1.807) is 6.26 Å². The van der Waals surface area contributed by atoms with Crippen LogP contribution in [0.2, 0.25) is 0 Å². The minimum atomic E-state index is -4.75. The Morgan fingerprint density at radius 3 is 2.80 bits per heavy atom. The number of thioether (sulfide) groups is 1. The van der Waals surface area contributed by atoms with Crippen molar-refractivity contribution < 1.29 is 33.8 Å². The van der Waals surface area contributed by atoms with Crippen molar-refractivity contribution in [3.8, 4) is 0 Å². The number of aliphatic hydroxyl groups excluding tert-OH is 2. The molecule has 1 saturated heterocycles. The fraction of sp³-hybridized carbons (Fsp3) is 0.545. The minimum absolute atomic E-state index is 0.233. The molecule has 138 valence electrons. The van der Waals surface area contributed by atoms with Crippen LogP contribution >= 0.6 is 19.6 Å². The molecule has 3 rings (SSSR count). The van der Waals surface area contributed by atoms with Crippen LogP contribution in [-0.4, -0.2) is 70.7 Å². The average molecular weight is 394 g/mol. The summed E-state index contributed by atoms with van der Waals surface area (Å²) in [5.74, 6) is 0. The number of nitrogens with one attached hydrogen (secondary N) is 1. The van der Waals surface area contributed by atoms with Crippen molar-refractivity contribution >= 4 is 30.7 Å². The number of aromatic amines is 1. The van der Waals surface area contributed by atoms with E-state index in [2.05, 4.69) is 19.5 Å². The van der Waals surface area contributed by atoms with E-state index in [9.17, 15) is 19.6 Å². The molecular weight excluding hydrogens is 379 g/mol. The normalized spacial score (nSPS) is 27.2. The molecular formula is C11H15N4O8PS. The summed E-state index contributed by atoms with van der Waals surface area (Å²) in [5, 5.41) is 20.6. The largest absolute Gasteiger partial charge is 0.469 e. The minimum Gasteiger partial charge on any atom is -0.387 e. The monoisotopic (exact) mass is 394 g/mol. The second-order valence-corrected chi connectivity index (χ2v) is 7.27. The molecule has 2 aromatic rings. The summed E-state index contributed by atoms with van der Waals surface area (Å²) in [7, 11) is -4.75. The molecule has 0 saturated carbocycles. The first-order valence-corrected chi connectivity index (χ1v) is 9.69. The van der Waals surface area contributed by atoms with Crippen LogP contribution in [0.15, 0.2) is 16.1 Å². The molecule has 0 aliphatic carbocycles. The molecule has 25 heavy (non-hydrogen) atoms. The van der Waals surface area contributed by atoms with Gasteiger partial charge in [0, 0.05) is 0 Å². The number of phosphoric ester groups is 1. The van der Waals surface area contributed by atoms with Crippen molar-refractivity contribution in [2.24, 2.45) is 0 Å². The quantitative estimate of drug-likeness (QED) is 0.228. The van der Waals surface area contributed by atoms with Crippen molar-refractivity contribution in [3.05, 3.63) is 16.8 Å². The van der Waals surface area contributed by atoms with Crippen LogP contribution < -0.4 is 5.69 Å². The molecule has 0 radical (unpaired) electrons. The van der Waals surface area contributed by atoms with E-state index in [1.165, 1.54) is 22.7 Å². The van der Waals surface area contributed by atoms with Gasteiger partial charge in [0.05, 0.1) is 12.9 Å². The Bertz CT molecular complexity index is 881. The maximum Gasteiger partial charge on any atom is 0.469 e. The zero-order valence-electron chi connectivity index (χ0n) is 12.7. The second-order valence-electron chi connectivity index (χ2n) is 5.23. The van der Waals surface area contributed by atoms with Crippen LogP contribution in [0.4, 0.5) is 0 Å². The lowest BCUT2D eigenvalue weighted by Gasteiger charge is -2.16. The molecule has 1 fully saturated rings. The molecule has 0 spiro atoms. The number of hydrogen-bond donors (Lipinski definition) is 5. The number of phosphoric acid groups is 1. The Morgan fingerprint density at radius 1 is 1.44 bits per heavy atom. The van der Waals surface area contributed by atoms with Gasteiger partial charge >= 0.3 is 13.5 Å². The highest BCUT2D eigenvalue weighted by Gasteiger charge is 2.45. The number of hydrogen-bond acceptors (Lipinski definition) is 9. The van der Waals surface area contributed by atoms with E-state index in [0.29, 0.717) is 10.5 Å². The Balaban J connectivity index is 1.92. The molecule has 0 unspecified atom stereocenters. The van der Waals surface area contributed by atoms with E-state index in [1.807, 2.05) is 0 Å². The molecule has 4 atom stereocenters. The van der Waals surface area contributed by atoms with Crippen LogP contribution in [0.5, 0.6) is 0 Å². The molecule has 0 amide bonds. The van der Waals surface area contributed by atoms with Gasteiger partial charge < -0.3 is 24.7 Å². The van der Waals surface area contributed by atoms with Gasteiger partial charge in [-0.15, -0.1) is 11.8 Å². The Kier molecular flexibility index (Phi) is 5.01. The van der Waals surface area contributed by atoms with E-state index < -0.39 is 44.7 Å². The molecule has 14 heteroatoms. The zero-order valence-corrected chi connectivity index (χ0v) is 14.4. The van der Waals surface area contributed by atoms with Gasteiger partial charge in [-0.1, -0.05) is 0 Å². The van der Waals surface area contributed by atoms with Gasteiger partial charge in [0.1, 0.15) is 34.5 Å². The van der Waals surface area contributed by atoms with Crippen molar-refractivity contribution in [1.82, 2.24) is 19.5 Å². The van der Waals surface area contributed by atoms with Gasteiger partial charge in [-0.25, -0.2) is 14.3 Å². The summed E-state index contributed by atoms with van der Waals surface area (Å²) >= 11 is 1.21. The lowest BCUT2D eigenvalue weighted by Crippen LogP contribution is -2.33. The van der Waals surface area contributed by atoms with Gasteiger partial charge in [0.15, 0.2) is 6.23 Å². The third kappa shape index (κ3) is 3.64. The first kappa shape index (κ1) is 18.5. The first-order valence-electron chi connectivity index (χ1n) is 6.94. The number of rotatable bonds is 5. The standard InChI is InChI=1S/C11H15N4O8PS/c1-25-9-5-8(13-11(18)14-9)15(3-12-5)10-7(17)6(16)4(23-10)2-22-24(19,20)21/h3-4,6-7,10,16-17H,2H2,1H3,(H,13,14,18)(H2,19,20,21)/t4-,6-,7-,10-/m1/s1. The van der Waals surface area contributed by atoms with Gasteiger partial charge in [-0.2, -0.15) is 4.98 Å². The SMILES string of the molecule is CSc1nc(=O)[nH]c2c1ncn2[C@@H]1O[C@H](COP(=O)(O)O)[C@@H](O)[C@H]1O. The van der Waals surface area contributed by atoms with Crippen molar-refractivity contribution in [2.45, 2.75) is 29.6 Å². The summed E-state index contributed by atoms with van der Waals surface area (Å²) in [6.07, 6.45) is -2.19. The van der Waals surface area contributed by atoms with Crippen molar-refractivity contribution in [3.63, 3.8) is 0 Å². The van der Waals surface area contributed by atoms with E-state index >= 15 is 0 Å². The maximum atomic E-state index is 11.7. The van der Waals surface area contributed by atoms with Crippen molar-refractivity contribution in [1.29, 1.82) is 0 Å². The van der Waals surface area contributed by atoms with Gasteiger partial charge in [-0.05, 0) is 6.26 Å².